The normalized spacial score (nSPS) is 31.6. The Morgan fingerprint density at radius 1 is 1.28 bits per heavy atom. The Labute approximate surface area is 112 Å². The second-order valence-corrected chi connectivity index (χ2v) is 5.44. The predicted octanol–water partition coefficient (Wildman–Crippen LogP) is 3.16. The highest BCUT2D eigenvalue weighted by Gasteiger charge is 2.41. The van der Waals surface area contributed by atoms with Crippen LogP contribution in [-0.2, 0) is 4.74 Å². The van der Waals surface area contributed by atoms with E-state index in [1.165, 1.54) is 0 Å². The van der Waals surface area contributed by atoms with Gasteiger partial charge in [0.1, 0.15) is 0 Å². The first kappa shape index (κ1) is 13.4. The van der Waals surface area contributed by atoms with Crippen LogP contribution in [0.15, 0.2) is 18.2 Å². The number of ether oxygens (including phenoxy) is 1. The van der Waals surface area contributed by atoms with Gasteiger partial charge in [-0.3, -0.25) is 4.79 Å². The quantitative estimate of drug-likeness (QED) is 0.661. The first-order valence-electron chi connectivity index (χ1n) is 6.16. The first-order chi connectivity index (χ1) is 8.41. The summed E-state index contributed by atoms with van der Waals surface area (Å²) in [6.45, 7) is 6.00. The molecule has 2 N–H and O–H groups in total. The molecule has 18 heavy (non-hydrogen) atoms. The van der Waals surface area contributed by atoms with Gasteiger partial charge in [-0.2, -0.15) is 0 Å². The van der Waals surface area contributed by atoms with Gasteiger partial charge in [0.15, 0.2) is 5.78 Å². The molecule has 1 aliphatic rings. The molecule has 4 unspecified atom stereocenters. The van der Waals surface area contributed by atoms with Crippen LogP contribution in [0, 0.1) is 11.8 Å². The van der Waals surface area contributed by atoms with Crippen LogP contribution in [0.25, 0.3) is 0 Å². The highest BCUT2D eigenvalue weighted by atomic mass is 35.5. The summed E-state index contributed by atoms with van der Waals surface area (Å²) in [7, 11) is 0. The maximum Gasteiger partial charge on any atom is 0.168 e. The molecule has 1 fully saturated rings. The maximum absolute atomic E-state index is 12.5. The summed E-state index contributed by atoms with van der Waals surface area (Å²) >= 11 is 5.96. The van der Waals surface area contributed by atoms with Crippen LogP contribution >= 0.6 is 11.6 Å². The lowest BCUT2D eigenvalue weighted by molar-refractivity contribution is 0.0491. The molecule has 1 heterocycles. The average molecular weight is 268 g/mol. The van der Waals surface area contributed by atoms with Crippen molar-refractivity contribution in [3.63, 3.8) is 0 Å². The van der Waals surface area contributed by atoms with Gasteiger partial charge in [-0.25, -0.2) is 0 Å². The number of halogens is 1. The number of carbonyl (C=O) groups is 1. The van der Waals surface area contributed by atoms with Gasteiger partial charge in [0.05, 0.1) is 28.8 Å². The average Bonchev–Trinajstić information content (AvgIpc) is 2.56. The molecule has 2 rings (SSSR count). The molecule has 4 atom stereocenters. The Kier molecular flexibility index (Phi) is 3.64. The summed E-state index contributed by atoms with van der Waals surface area (Å²) in [5.74, 6) is 0.185. The summed E-state index contributed by atoms with van der Waals surface area (Å²) in [5, 5.41) is 0.424. The highest BCUT2D eigenvalue weighted by Crippen LogP contribution is 2.35. The van der Waals surface area contributed by atoms with E-state index < -0.39 is 0 Å². The van der Waals surface area contributed by atoms with Crippen LogP contribution < -0.4 is 5.73 Å². The van der Waals surface area contributed by atoms with E-state index in [4.69, 9.17) is 22.1 Å². The molecule has 1 aromatic carbocycles. The zero-order chi connectivity index (χ0) is 13.4. The van der Waals surface area contributed by atoms with E-state index in [9.17, 15) is 4.79 Å². The fourth-order valence-corrected chi connectivity index (χ4v) is 2.77. The van der Waals surface area contributed by atoms with E-state index in [2.05, 4.69) is 6.92 Å². The third-order valence-corrected chi connectivity index (χ3v) is 4.16. The summed E-state index contributed by atoms with van der Waals surface area (Å²) in [6, 6.07) is 5.04. The minimum absolute atomic E-state index is 0.0566. The van der Waals surface area contributed by atoms with E-state index in [0.717, 1.165) is 0 Å². The summed E-state index contributed by atoms with van der Waals surface area (Å²) in [6.07, 6.45) is 0.0528. The van der Waals surface area contributed by atoms with Crippen LogP contribution in [-0.4, -0.2) is 18.0 Å². The Bertz CT molecular complexity index is 475. The zero-order valence-corrected chi connectivity index (χ0v) is 11.6. The number of benzene rings is 1. The van der Waals surface area contributed by atoms with Gasteiger partial charge in [-0.05, 0) is 38.0 Å². The van der Waals surface area contributed by atoms with Crippen molar-refractivity contribution in [3.8, 4) is 0 Å². The fraction of sp³-hybridized carbons (Fsp3) is 0.500. The van der Waals surface area contributed by atoms with Crippen LogP contribution in [0.2, 0.25) is 5.02 Å². The van der Waals surface area contributed by atoms with Crippen molar-refractivity contribution in [2.24, 2.45) is 11.8 Å². The Hall–Kier alpha value is -1.06. The number of Topliss-reactive ketones (excluding diaryl/α,β-unsaturated/α-hetero) is 1. The molecule has 98 valence electrons. The SMILES string of the molecule is CC1OC(C)C(C(=O)c2ccc(N)c(Cl)c2)C1C. The molecule has 0 bridgehead atoms. The van der Waals surface area contributed by atoms with Crippen molar-refractivity contribution < 1.29 is 9.53 Å². The molecule has 0 amide bonds. The number of ketones is 1. The lowest BCUT2D eigenvalue weighted by Gasteiger charge is -2.17. The van der Waals surface area contributed by atoms with E-state index in [0.29, 0.717) is 16.3 Å². The Balaban J connectivity index is 2.28. The van der Waals surface area contributed by atoms with Crippen molar-refractivity contribution in [1.29, 1.82) is 0 Å². The fourth-order valence-electron chi connectivity index (χ4n) is 2.59. The smallest absolute Gasteiger partial charge is 0.168 e. The van der Waals surface area contributed by atoms with E-state index >= 15 is 0 Å². The second kappa shape index (κ2) is 4.90. The van der Waals surface area contributed by atoms with E-state index in [1.54, 1.807) is 18.2 Å². The number of anilines is 1. The van der Waals surface area contributed by atoms with Gasteiger partial charge in [0.2, 0.25) is 0 Å². The molecule has 1 aliphatic heterocycles. The predicted molar refractivity (Wildman–Crippen MR) is 72.9 cm³/mol. The van der Waals surface area contributed by atoms with Crippen LogP contribution in [0.3, 0.4) is 0 Å². The molecule has 4 heteroatoms. The molecular weight excluding hydrogens is 250 g/mol. The van der Waals surface area contributed by atoms with Gasteiger partial charge in [0.25, 0.3) is 0 Å². The number of nitrogen functional groups attached to an aromatic ring is 1. The van der Waals surface area contributed by atoms with E-state index in [1.807, 2.05) is 13.8 Å². The van der Waals surface area contributed by atoms with Crippen LogP contribution in [0.4, 0.5) is 5.69 Å². The van der Waals surface area contributed by atoms with Crippen molar-refractivity contribution >= 4 is 23.1 Å². The third kappa shape index (κ3) is 2.25. The molecule has 1 aromatic rings. The largest absolute Gasteiger partial charge is 0.398 e. The summed E-state index contributed by atoms with van der Waals surface area (Å²) < 4.78 is 5.70. The van der Waals surface area contributed by atoms with Crippen molar-refractivity contribution in [2.45, 2.75) is 33.0 Å². The van der Waals surface area contributed by atoms with Crippen LogP contribution in [0.1, 0.15) is 31.1 Å². The summed E-state index contributed by atoms with van der Waals surface area (Å²) in [5.41, 5.74) is 6.75. The maximum atomic E-state index is 12.5. The third-order valence-electron chi connectivity index (χ3n) is 3.83. The highest BCUT2D eigenvalue weighted by molar-refractivity contribution is 6.33. The van der Waals surface area contributed by atoms with Gasteiger partial charge in [-0.1, -0.05) is 18.5 Å². The number of hydrogen-bond acceptors (Lipinski definition) is 3. The van der Waals surface area contributed by atoms with Crippen molar-refractivity contribution in [1.82, 2.24) is 0 Å². The summed E-state index contributed by atoms with van der Waals surface area (Å²) in [4.78, 5) is 12.5. The van der Waals surface area contributed by atoms with Crippen molar-refractivity contribution in [2.75, 3.05) is 5.73 Å². The Morgan fingerprint density at radius 3 is 2.44 bits per heavy atom. The molecule has 0 aliphatic carbocycles. The van der Waals surface area contributed by atoms with Crippen LogP contribution in [0.5, 0.6) is 0 Å². The number of rotatable bonds is 2. The lowest BCUT2D eigenvalue weighted by Crippen LogP contribution is -2.26. The second-order valence-electron chi connectivity index (χ2n) is 5.03. The first-order valence-corrected chi connectivity index (χ1v) is 6.54. The zero-order valence-electron chi connectivity index (χ0n) is 10.8. The van der Waals surface area contributed by atoms with Gasteiger partial charge in [0, 0.05) is 5.56 Å². The number of carbonyl (C=O) groups excluding carboxylic acids is 1. The molecule has 0 saturated carbocycles. The van der Waals surface area contributed by atoms with Crippen molar-refractivity contribution in [3.05, 3.63) is 28.8 Å². The molecule has 0 spiro atoms. The number of nitrogens with two attached hydrogens (primary N) is 1. The minimum atomic E-state index is -0.111. The molecule has 0 aromatic heterocycles. The van der Waals surface area contributed by atoms with E-state index in [-0.39, 0.29) is 29.8 Å². The van der Waals surface area contributed by atoms with Gasteiger partial charge >= 0.3 is 0 Å². The molecule has 0 radical (unpaired) electrons. The van der Waals surface area contributed by atoms with Gasteiger partial charge < -0.3 is 10.5 Å². The molecule has 1 saturated heterocycles. The monoisotopic (exact) mass is 267 g/mol. The molecular formula is C14H18ClNO2. The topological polar surface area (TPSA) is 52.3 Å². The Morgan fingerprint density at radius 2 is 1.94 bits per heavy atom. The van der Waals surface area contributed by atoms with Gasteiger partial charge in [-0.15, -0.1) is 0 Å². The minimum Gasteiger partial charge on any atom is -0.398 e. The number of hydrogen-bond donors (Lipinski definition) is 1. The lowest BCUT2D eigenvalue weighted by atomic mass is 9.83. The standard InChI is InChI=1S/C14H18ClNO2/c1-7-8(2)18-9(3)13(7)14(17)10-4-5-12(16)11(15)6-10/h4-9,13H,16H2,1-3H3. The molecule has 3 nitrogen and oxygen atoms in total.